The minimum Gasteiger partial charge on any atom is -0.364 e. The minimum atomic E-state index is -0.621. The SMILES string of the molecule is Cn1cc(NC(=O)C2CCC(C3CCC3)CC2)c(C(N)=O)n1. The standard InChI is InChI=1S/C16H24N4O2/c1-20-9-13(14(19-20)15(17)21)18-16(22)12-7-5-11(6-8-12)10-3-2-4-10/h9-12H,2-8H2,1H3,(H2,17,21)(H,18,22). The van der Waals surface area contributed by atoms with Gasteiger partial charge < -0.3 is 11.1 Å². The van der Waals surface area contributed by atoms with Crippen LogP contribution in [0.5, 0.6) is 0 Å². The number of carbonyl (C=O) groups is 2. The van der Waals surface area contributed by atoms with Gasteiger partial charge in [0.1, 0.15) is 0 Å². The highest BCUT2D eigenvalue weighted by atomic mass is 16.2. The second-order valence-electron chi connectivity index (χ2n) is 6.72. The molecule has 1 aromatic rings. The van der Waals surface area contributed by atoms with E-state index in [4.69, 9.17) is 5.73 Å². The van der Waals surface area contributed by atoms with Crippen molar-refractivity contribution in [3.8, 4) is 0 Å². The van der Waals surface area contributed by atoms with Crippen LogP contribution < -0.4 is 11.1 Å². The van der Waals surface area contributed by atoms with Crippen molar-refractivity contribution in [1.82, 2.24) is 9.78 Å². The molecule has 0 radical (unpaired) electrons. The quantitative estimate of drug-likeness (QED) is 0.892. The zero-order chi connectivity index (χ0) is 15.7. The third-order valence-corrected chi connectivity index (χ3v) is 5.28. The predicted molar refractivity (Wildman–Crippen MR) is 83.1 cm³/mol. The molecule has 2 aliphatic rings. The van der Waals surface area contributed by atoms with Gasteiger partial charge in [0.2, 0.25) is 5.91 Å². The summed E-state index contributed by atoms with van der Waals surface area (Å²) in [5.41, 5.74) is 5.83. The van der Waals surface area contributed by atoms with E-state index >= 15 is 0 Å². The molecule has 0 spiro atoms. The van der Waals surface area contributed by atoms with Crippen molar-refractivity contribution in [3.63, 3.8) is 0 Å². The molecule has 0 unspecified atom stereocenters. The van der Waals surface area contributed by atoms with Crippen molar-refractivity contribution in [2.75, 3.05) is 5.32 Å². The van der Waals surface area contributed by atoms with Crippen molar-refractivity contribution in [3.05, 3.63) is 11.9 Å². The van der Waals surface area contributed by atoms with Gasteiger partial charge in [-0.25, -0.2) is 0 Å². The van der Waals surface area contributed by atoms with Gasteiger partial charge in [-0.05, 0) is 37.5 Å². The molecule has 22 heavy (non-hydrogen) atoms. The molecule has 2 fully saturated rings. The Hall–Kier alpha value is -1.85. The maximum absolute atomic E-state index is 12.4. The van der Waals surface area contributed by atoms with Crippen LogP contribution >= 0.6 is 0 Å². The average Bonchev–Trinajstić information content (AvgIpc) is 2.78. The van der Waals surface area contributed by atoms with Gasteiger partial charge in [0.15, 0.2) is 5.69 Å². The first-order valence-corrected chi connectivity index (χ1v) is 8.19. The number of amides is 2. The highest BCUT2D eigenvalue weighted by molar-refractivity contribution is 6.02. The van der Waals surface area contributed by atoms with Crippen LogP contribution in [0.15, 0.2) is 6.20 Å². The zero-order valence-electron chi connectivity index (χ0n) is 13.0. The van der Waals surface area contributed by atoms with E-state index in [1.54, 1.807) is 13.2 Å². The maximum atomic E-state index is 12.4. The molecule has 0 saturated heterocycles. The number of hydrogen-bond acceptors (Lipinski definition) is 3. The lowest BCUT2D eigenvalue weighted by Crippen LogP contribution is -2.31. The topological polar surface area (TPSA) is 90.0 Å². The van der Waals surface area contributed by atoms with Gasteiger partial charge in [0.05, 0.1) is 5.69 Å². The van der Waals surface area contributed by atoms with E-state index in [9.17, 15) is 9.59 Å². The van der Waals surface area contributed by atoms with Gasteiger partial charge in [0.25, 0.3) is 5.91 Å². The molecular formula is C16H24N4O2. The average molecular weight is 304 g/mol. The molecule has 3 N–H and O–H groups in total. The number of primary amides is 1. The summed E-state index contributed by atoms with van der Waals surface area (Å²) >= 11 is 0. The largest absolute Gasteiger partial charge is 0.364 e. The molecule has 2 saturated carbocycles. The van der Waals surface area contributed by atoms with E-state index in [1.165, 1.54) is 23.9 Å². The molecule has 2 amide bonds. The van der Waals surface area contributed by atoms with Gasteiger partial charge >= 0.3 is 0 Å². The van der Waals surface area contributed by atoms with E-state index < -0.39 is 5.91 Å². The van der Waals surface area contributed by atoms with Crippen molar-refractivity contribution in [2.45, 2.75) is 44.9 Å². The first-order chi connectivity index (χ1) is 10.5. The zero-order valence-corrected chi connectivity index (χ0v) is 13.0. The Kier molecular flexibility index (Phi) is 4.18. The third-order valence-electron chi connectivity index (χ3n) is 5.28. The highest BCUT2D eigenvalue weighted by Crippen LogP contribution is 2.42. The first-order valence-electron chi connectivity index (χ1n) is 8.19. The maximum Gasteiger partial charge on any atom is 0.271 e. The van der Waals surface area contributed by atoms with Gasteiger partial charge in [-0.2, -0.15) is 5.10 Å². The van der Waals surface area contributed by atoms with E-state index in [-0.39, 0.29) is 17.5 Å². The summed E-state index contributed by atoms with van der Waals surface area (Å²) in [6.07, 6.45) is 9.94. The normalized spacial score (nSPS) is 25.5. The Morgan fingerprint density at radius 1 is 1.18 bits per heavy atom. The molecular weight excluding hydrogens is 280 g/mol. The fourth-order valence-corrected chi connectivity index (χ4v) is 3.76. The molecule has 3 rings (SSSR count). The number of nitrogens with one attached hydrogen (secondary N) is 1. The molecule has 1 aromatic heterocycles. The molecule has 0 aromatic carbocycles. The highest BCUT2D eigenvalue weighted by Gasteiger charge is 2.33. The summed E-state index contributed by atoms with van der Waals surface area (Å²) in [5, 5.41) is 6.82. The fraction of sp³-hybridized carbons (Fsp3) is 0.688. The second-order valence-corrected chi connectivity index (χ2v) is 6.72. The van der Waals surface area contributed by atoms with Crippen molar-refractivity contribution in [1.29, 1.82) is 0 Å². The molecule has 1 heterocycles. The summed E-state index contributed by atoms with van der Waals surface area (Å²) in [5.74, 6) is 1.13. The Bertz CT molecular complexity index is 569. The Morgan fingerprint density at radius 2 is 1.82 bits per heavy atom. The number of nitrogens with two attached hydrogens (primary N) is 1. The van der Waals surface area contributed by atoms with Crippen molar-refractivity contribution < 1.29 is 9.59 Å². The number of carbonyl (C=O) groups excluding carboxylic acids is 2. The molecule has 2 aliphatic carbocycles. The van der Waals surface area contributed by atoms with Crippen LogP contribution in [0.25, 0.3) is 0 Å². The van der Waals surface area contributed by atoms with Crippen LogP contribution in [0.2, 0.25) is 0 Å². The van der Waals surface area contributed by atoms with Gasteiger partial charge in [0, 0.05) is 19.2 Å². The predicted octanol–water partition coefficient (Wildman–Crippen LogP) is 2.06. The molecule has 0 aliphatic heterocycles. The Morgan fingerprint density at radius 3 is 2.36 bits per heavy atom. The summed E-state index contributed by atoms with van der Waals surface area (Å²) < 4.78 is 1.49. The lowest BCUT2D eigenvalue weighted by Gasteiger charge is -2.38. The van der Waals surface area contributed by atoms with E-state index in [0.717, 1.165) is 37.5 Å². The molecule has 0 bridgehead atoms. The van der Waals surface area contributed by atoms with Crippen LogP contribution in [-0.2, 0) is 11.8 Å². The molecule has 0 atom stereocenters. The number of hydrogen-bond donors (Lipinski definition) is 2. The fourth-order valence-electron chi connectivity index (χ4n) is 3.76. The van der Waals surface area contributed by atoms with Crippen LogP contribution in [0.3, 0.4) is 0 Å². The number of rotatable bonds is 4. The van der Waals surface area contributed by atoms with Gasteiger partial charge in [-0.1, -0.05) is 19.3 Å². The first kappa shape index (κ1) is 15.1. The minimum absolute atomic E-state index is 0.0115. The van der Waals surface area contributed by atoms with Gasteiger partial charge in [-0.3, -0.25) is 14.3 Å². The smallest absolute Gasteiger partial charge is 0.271 e. The van der Waals surface area contributed by atoms with E-state index in [1.807, 2.05) is 0 Å². The third kappa shape index (κ3) is 3.00. The lowest BCUT2D eigenvalue weighted by molar-refractivity contribution is -0.121. The van der Waals surface area contributed by atoms with Crippen LogP contribution in [0, 0.1) is 17.8 Å². The second kappa shape index (κ2) is 6.10. The number of anilines is 1. The Labute approximate surface area is 130 Å². The number of aryl methyl sites for hydroxylation is 1. The summed E-state index contributed by atoms with van der Waals surface area (Å²) in [7, 11) is 1.70. The van der Waals surface area contributed by atoms with E-state index in [2.05, 4.69) is 10.4 Å². The number of aromatic nitrogens is 2. The van der Waals surface area contributed by atoms with Gasteiger partial charge in [-0.15, -0.1) is 0 Å². The van der Waals surface area contributed by atoms with Crippen molar-refractivity contribution >= 4 is 17.5 Å². The lowest BCUT2D eigenvalue weighted by atomic mass is 9.68. The van der Waals surface area contributed by atoms with E-state index in [0.29, 0.717) is 5.69 Å². The summed E-state index contributed by atoms with van der Waals surface area (Å²) in [6.45, 7) is 0. The van der Waals surface area contributed by atoms with Crippen LogP contribution in [0.4, 0.5) is 5.69 Å². The summed E-state index contributed by atoms with van der Waals surface area (Å²) in [6, 6.07) is 0. The molecule has 6 heteroatoms. The monoisotopic (exact) mass is 304 g/mol. The molecule has 120 valence electrons. The number of nitrogens with zero attached hydrogens (tertiary/aromatic N) is 2. The van der Waals surface area contributed by atoms with Crippen LogP contribution in [-0.4, -0.2) is 21.6 Å². The molecule has 6 nitrogen and oxygen atoms in total. The van der Waals surface area contributed by atoms with Crippen molar-refractivity contribution in [2.24, 2.45) is 30.5 Å². The van der Waals surface area contributed by atoms with Crippen LogP contribution in [0.1, 0.15) is 55.4 Å². The summed E-state index contributed by atoms with van der Waals surface area (Å²) in [4.78, 5) is 23.8. The Balaban J connectivity index is 1.57.